The highest BCUT2D eigenvalue weighted by Gasteiger charge is 2.41. The molecule has 3 heterocycles. The largest absolute Gasteiger partial charge is 0.361 e. The van der Waals surface area contributed by atoms with Crippen LogP contribution in [0.4, 0.5) is 11.8 Å². The maximum absolute atomic E-state index is 4.68. The molecule has 6 rings (SSSR count). The minimum absolute atomic E-state index is 0.594. The number of anilines is 2. The van der Waals surface area contributed by atoms with Crippen LogP contribution in [0.1, 0.15) is 23.5 Å². The molecule has 6 heteroatoms. The average Bonchev–Trinajstić information content (AvgIpc) is 3.23. The standard InChI is InChI=1S/C26H24N6/c1-2-5-17(6-3-1)21-14-22(21)19-13-25(29-16-19)31-24-10-12-28-26(32-24)30-15-18-7-4-8-23-20(18)9-11-27-23/h1-13,21-22,27H,14-16H2,(H2,28,29,30,31,32)/t21-,22-/m0/s1. The molecular weight excluding hydrogens is 396 g/mol. The topological polar surface area (TPSA) is 78.0 Å². The van der Waals surface area contributed by atoms with Gasteiger partial charge in [0.25, 0.3) is 0 Å². The van der Waals surface area contributed by atoms with Gasteiger partial charge in [-0.05, 0) is 59.2 Å². The Morgan fingerprint density at radius 3 is 2.84 bits per heavy atom. The number of aliphatic imine (C=N–C) groups is 1. The van der Waals surface area contributed by atoms with E-state index >= 15 is 0 Å². The molecular formula is C26H24N6. The number of hydrogen-bond donors (Lipinski definition) is 3. The second-order valence-corrected chi connectivity index (χ2v) is 8.38. The molecule has 1 aliphatic carbocycles. The fourth-order valence-corrected chi connectivity index (χ4v) is 4.54. The van der Waals surface area contributed by atoms with Crippen molar-refractivity contribution in [1.82, 2.24) is 15.0 Å². The third kappa shape index (κ3) is 3.75. The third-order valence-electron chi connectivity index (χ3n) is 6.28. The van der Waals surface area contributed by atoms with Crippen LogP contribution in [-0.4, -0.2) is 27.3 Å². The summed E-state index contributed by atoms with van der Waals surface area (Å²) in [4.78, 5) is 16.9. The van der Waals surface area contributed by atoms with Gasteiger partial charge in [0, 0.05) is 29.8 Å². The van der Waals surface area contributed by atoms with Gasteiger partial charge in [-0.25, -0.2) is 4.98 Å². The van der Waals surface area contributed by atoms with Crippen LogP contribution in [0, 0.1) is 5.92 Å². The Labute approximate surface area is 186 Å². The average molecular weight is 421 g/mol. The Balaban J connectivity index is 1.09. The molecule has 0 unspecified atom stereocenters. The molecule has 2 aromatic carbocycles. The van der Waals surface area contributed by atoms with Crippen LogP contribution in [0.3, 0.4) is 0 Å². The summed E-state index contributed by atoms with van der Waals surface area (Å²) in [6.45, 7) is 1.43. The Kier molecular flexibility index (Phi) is 4.68. The summed E-state index contributed by atoms with van der Waals surface area (Å²) >= 11 is 0. The number of hydrogen-bond acceptors (Lipinski definition) is 5. The summed E-state index contributed by atoms with van der Waals surface area (Å²) in [6, 6.07) is 21.0. The molecule has 158 valence electrons. The number of amidine groups is 1. The van der Waals surface area contributed by atoms with E-state index in [-0.39, 0.29) is 0 Å². The van der Waals surface area contributed by atoms with Crippen LogP contribution in [0.25, 0.3) is 10.9 Å². The van der Waals surface area contributed by atoms with Gasteiger partial charge in [0.15, 0.2) is 0 Å². The minimum atomic E-state index is 0.594. The lowest BCUT2D eigenvalue weighted by Crippen LogP contribution is -2.10. The Morgan fingerprint density at radius 1 is 0.969 bits per heavy atom. The number of nitrogens with zero attached hydrogens (tertiary/aromatic N) is 3. The van der Waals surface area contributed by atoms with Gasteiger partial charge in [-0.15, -0.1) is 0 Å². The number of aromatic nitrogens is 3. The normalized spacial score (nSPS) is 19.5. The van der Waals surface area contributed by atoms with Crippen molar-refractivity contribution in [3.05, 3.63) is 95.8 Å². The summed E-state index contributed by atoms with van der Waals surface area (Å²) in [6.07, 6.45) is 7.13. The number of H-pyrrole nitrogens is 1. The molecule has 2 aliphatic rings. The van der Waals surface area contributed by atoms with Crippen LogP contribution < -0.4 is 10.6 Å². The fraction of sp³-hybridized carbons (Fsp3) is 0.192. The van der Waals surface area contributed by atoms with E-state index in [9.17, 15) is 0 Å². The van der Waals surface area contributed by atoms with Crippen molar-refractivity contribution in [2.45, 2.75) is 18.9 Å². The number of rotatable bonds is 6. The molecule has 2 atom stereocenters. The number of benzene rings is 2. The first-order valence-electron chi connectivity index (χ1n) is 11.0. The molecule has 32 heavy (non-hydrogen) atoms. The quantitative estimate of drug-likeness (QED) is 0.404. The summed E-state index contributed by atoms with van der Waals surface area (Å²) in [5.41, 5.74) is 5.18. The maximum Gasteiger partial charge on any atom is 0.224 e. The predicted molar refractivity (Wildman–Crippen MR) is 129 cm³/mol. The van der Waals surface area contributed by atoms with Crippen molar-refractivity contribution in [3.63, 3.8) is 0 Å². The summed E-state index contributed by atoms with van der Waals surface area (Å²) < 4.78 is 0. The van der Waals surface area contributed by atoms with E-state index in [4.69, 9.17) is 0 Å². The Hall–Kier alpha value is -3.93. The highest BCUT2D eigenvalue weighted by molar-refractivity contribution is 6.05. The van der Waals surface area contributed by atoms with E-state index in [1.54, 1.807) is 6.20 Å². The van der Waals surface area contributed by atoms with Crippen LogP contribution >= 0.6 is 0 Å². The van der Waals surface area contributed by atoms with Crippen molar-refractivity contribution in [2.24, 2.45) is 10.9 Å². The van der Waals surface area contributed by atoms with E-state index in [0.717, 1.165) is 23.7 Å². The third-order valence-corrected chi connectivity index (χ3v) is 6.28. The van der Waals surface area contributed by atoms with Crippen molar-refractivity contribution in [1.29, 1.82) is 0 Å². The number of aromatic amines is 1. The molecule has 0 radical (unpaired) electrons. The molecule has 0 amide bonds. The van der Waals surface area contributed by atoms with E-state index in [1.807, 2.05) is 12.3 Å². The van der Waals surface area contributed by atoms with Crippen molar-refractivity contribution >= 4 is 28.5 Å². The van der Waals surface area contributed by atoms with E-state index < -0.39 is 0 Å². The monoisotopic (exact) mass is 420 g/mol. The van der Waals surface area contributed by atoms with Gasteiger partial charge in [-0.2, -0.15) is 4.98 Å². The first-order chi connectivity index (χ1) is 15.8. The molecule has 3 N–H and O–H groups in total. The zero-order valence-corrected chi connectivity index (χ0v) is 17.6. The first kappa shape index (κ1) is 18.8. The van der Waals surface area contributed by atoms with Gasteiger partial charge in [-0.1, -0.05) is 42.5 Å². The van der Waals surface area contributed by atoms with Crippen LogP contribution in [0.15, 0.2) is 89.7 Å². The second kappa shape index (κ2) is 7.96. The van der Waals surface area contributed by atoms with Crippen molar-refractivity contribution < 1.29 is 0 Å². The maximum atomic E-state index is 4.68. The molecule has 6 nitrogen and oxygen atoms in total. The van der Waals surface area contributed by atoms with Gasteiger partial charge < -0.3 is 15.6 Å². The second-order valence-electron chi connectivity index (χ2n) is 8.38. The molecule has 1 saturated carbocycles. The summed E-state index contributed by atoms with van der Waals surface area (Å²) in [5, 5.41) is 7.90. The highest BCUT2D eigenvalue weighted by Crippen LogP contribution is 2.52. The van der Waals surface area contributed by atoms with Gasteiger partial charge in [0.05, 0.1) is 6.54 Å². The van der Waals surface area contributed by atoms with E-state index in [1.165, 1.54) is 28.5 Å². The van der Waals surface area contributed by atoms with Gasteiger partial charge in [0.1, 0.15) is 11.7 Å². The van der Waals surface area contributed by atoms with E-state index in [2.05, 4.69) is 91.3 Å². The highest BCUT2D eigenvalue weighted by atomic mass is 15.2. The minimum Gasteiger partial charge on any atom is -0.361 e. The van der Waals surface area contributed by atoms with Gasteiger partial charge >= 0.3 is 0 Å². The molecule has 2 aromatic heterocycles. The Morgan fingerprint density at radius 2 is 1.91 bits per heavy atom. The van der Waals surface area contributed by atoms with Crippen LogP contribution in [0.2, 0.25) is 0 Å². The molecule has 4 aromatic rings. The first-order valence-corrected chi connectivity index (χ1v) is 11.0. The lowest BCUT2D eigenvalue weighted by Gasteiger charge is -2.08. The molecule has 0 saturated heterocycles. The SMILES string of the molecule is C1=C([C@@H]2C[C@H]2c2ccccc2)CN=C1Nc1ccnc(NCc2cccc3[nH]ccc23)n1. The molecule has 0 bridgehead atoms. The Bertz CT molecular complexity index is 1320. The fourth-order valence-electron chi connectivity index (χ4n) is 4.54. The van der Waals surface area contributed by atoms with Gasteiger partial charge in [-0.3, -0.25) is 4.99 Å². The number of fused-ring (bicyclic) bond motifs is 1. The molecule has 0 spiro atoms. The summed E-state index contributed by atoms with van der Waals surface area (Å²) in [5.74, 6) is 3.46. The lowest BCUT2D eigenvalue weighted by atomic mass is 10.1. The molecule has 1 aliphatic heterocycles. The van der Waals surface area contributed by atoms with Crippen LogP contribution in [-0.2, 0) is 6.54 Å². The number of nitrogens with one attached hydrogen (secondary N) is 3. The van der Waals surface area contributed by atoms with Crippen molar-refractivity contribution in [3.8, 4) is 0 Å². The zero-order valence-electron chi connectivity index (χ0n) is 17.6. The smallest absolute Gasteiger partial charge is 0.224 e. The molecule has 1 fully saturated rings. The lowest BCUT2D eigenvalue weighted by molar-refractivity contribution is 0.909. The van der Waals surface area contributed by atoms with Gasteiger partial charge in [0.2, 0.25) is 5.95 Å². The van der Waals surface area contributed by atoms with Crippen molar-refractivity contribution in [2.75, 3.05) is 17.2 Å². The van der Waals surface area contributed by atoms with Crippen LogP contribution in [0.5, 0.6) is 0 Å². The van der Waals surface area contributed by atoms with E-state index in [0.29, 0.717) is 24.3 Å². The predicted octanol–water partition coefficient (Wildman–Crippen LogP) is 5.12. The zero-order chi connectivity index (χ0) is 21.3. The summed E-state index contributed by atoms with van der Waals surface area (Å²) in [7, 11) is 0.